The third kappa shape index (κ3) is 4.81. The molecule has 2 aromatic carbocycles. The molecule has 0 atom stereocenters. The van der Waals surface area contributed by atoms with E-state index in [-0.39, 0.29) is 17.3 Å². The van der Waals surface area contributed by atoms with Crippen LogP contribution >= 0.6 is 0 Å². The van der Waals surface area contributed by atoms with Gasteiger partial charge in [-0.3, -0.25) is 14.3 Å². The van der Waals surface area contributed by atoms with Crippen molar-refractivity contribution in [3.05, 3.63) is 77.4 Å². The Bertz CT molecular complexity index is 1210. The molecule has 8 heteroatoms. The van der Waals surface area contributed by atoms with Crippen LogP contribution in [0.2, 0.25) is 0 Å². The molecular weight excluding hydrogens is 433 g/mol. The highest BCUT2D eigenvalue weighted by Crippen LogP contribution is 2.31. The lowest BCUT2D eigenvalue weighted by Gasteiger charge is -2.36. The van der Waals surface area contributed by atoms with Crippen molar-refractivity contribution in [2.24, 2.45) is 5.92 Å². The summed E-state index contributed by atoms with van der Waals surface area (Å²) in [4.78, 5) is 29.2. The van der Waals surface area contributed by atoms with Gasteiger partial charge >= 0.3 is 0 Å². The van der Waals surface area contributed by atoms with E-state index in [0.29, 0.717) is 12.5 Å². The molecule has 1 saturated heterocycles. The van der Waals surface area contributed by atoms with Crippen LogP contribution in [0.25, 0.3) is 0 Å². The Morgan fingerprint density at radius 3 is 2.53 bits per heavy atom. The lowest BCUT2D eigenvalue weighted by atomic mass is 10.1. The first-order valence-electron chi connectivity index (χ1n) is 11.7. The smallest absolute Gasteiger partial charge is 0.276 e. The number of aromatic nitrogens is 2. The lowest BCUT2D eigenvalue weighted by Crippen LogP contribution is -2.49. The summed E-state index contributed by atoms with van der Waals surface area (Å²) in [5, 5.41) is 7.03. The molecule has 1 aliphatic carbocycles. The summed E-state index contributed by atoms with van der Waals surface area (Å²) in [6.45, 7) is 5.59. The molecule has 3 aromatic rings. The van der Waals surface area contributed by atoms with Gasteiger partial charge in [-0.25, -0.2) is 4.39 Å². The van der Waals surface area contributed by atoms with Crippen molar-refractivity contribution in [1.82, 2.24) is 14.7 Å². The van der Waals surface area contributed by atoms with Crippen LogP contribution in [0.15, 0.2) is 54.6 Å². The van der Waals surface area contributed by atoms with Crippen LogP contribution in [0, 0.1) is 18.7 Å². The first-order chi connectivity index (χ1) is 16.5. The fraction of sp³-hybridized carbons (Fsp3) is 0.346. The Labute approximate surface area is 198 Å². The molecule has 34 heavy (non-hydrogen) atoms. The van der Waals surface area contributed by atoms with Crippen molar-refractivity contribution < 1.29 is 14.0 Å². The minimum atomic E-state index is -0.485. The molecule has 2 amide bonds. The molecule has 2 fully saturated rings. The number of carbonyl (C=O) groups is 2. The van der Waals surface area contributed by atoms with E-state index in [2.05, 4.69) is 27.4 Å². The van der Waals surface area contributed by atoms with Gasteiger partial charge in [0.1, 0.15) is 5.82 Å². The van der Waals surface area contributed by atoms with Gasteiger partial charge in [-0.15, -0.1) is 0 Å². The molecule has 0 spiro atoms. The summed E-state index contributed by atoms with van der Waals surface area (Å²) in [5.74, 6) is -0.343. The average Bonchev–Trinajstić information content (AvgIpc) is 3.64. The maximum absolute atomic E-state index is 13.9. The summed E-state index contributed by atoms with van der Waals surface area (Å²) in [5.41, 5.74) is 3.41. The number of para-hydroxylation sites is 1. The van der Waals surface area contributed by atoms with E-state index in [1.807, 2.05) is 24.0 Å². The molecule has 0 bridgehead atoms. The average molecular weight is 462 g/mol. The highest BCUT2D eigenvalue weighted by atomic mass is 19.1. The van der Waals surface area contributed by atoms with Gasteiger partial charge in [0.05, 0.1) is 12.2 Å². The van der Waals surface area contributed by atoms with E-state index in [0.717, 1.165) is 56.0 Å². The number of nitrogens with one attached hydrogen (secondary N) is 1. The fourth-order valence-electron chi connectivity index (χ4n) is 4.33. The molecule has 7 nitrogen and oxygen atoms in total. The van der Waals surface area contributed by atoms with E-state index >= 15 is 0 Å². The zero-order chi connectivity index (χ0) is 23.7. The van der Waals surface area contributed by atoms with Crippen molar-refractivity contribution in [3.63, 3.8) is 0 Å². The SMILES string of the molecule is Cc1cc(C(=O)Nc2ccccc2F)nn1Cc1cccc(N2CCN(C(=O)C3CC3)CC2)c1. The minimum Gasteiger partial charge on any atom is -0.368 e. The number of benzene rings is 2. The molecule has 0 unspecified atom stereocenters. The van der Waals surface area contributed by atoms with Gasteiger partial charge in [-0.05, 0) is 55.7 Å². The number of hydrogen-bond donors (Lipinski definition) is 1. The van der Waals surface area contributed by atoms with Crippen LogP contribution in [-0.4, -0.2) is 52.7 Å². The summed E-state index contributed by atoms with van der Waals surface area (Å²) in [6, 6.07) is 16.1. The molecule has 176 valence electrons. The maximum Gasteiger partial charge on any atom is 0.276 e. The zero-order valence-corrected chi connectivity index (χ0v) is 19.2. The number of halogens is 1. The number of carbonyl (C=O) groups excluding carboxylic acids is 2. The molecule has 1 aromatic heterocycles. The lowest BCUT2D eigenvalue weighted by molar-refractivity contribution is -0.132. The van der Waals surface area contributed by atoms with Gasteiger partial charge in [-0.2, -0.15) is 5.10 Å². The highest BCUT2D eigenvalue weighted by Gasteiger charge is 2.34. The van der Waals surface area contributed by atoms with Gasteiger partial charge in [0.2, 0.25) is 5.91 Å². The Morgan fingerprint density at radius 1 is 1.03 bits per heavy atom. The van der Waals surface area contributed by atoms with Crippen LogP contribution in [0.4, 0.5) is 15.8 Å². The molecular formula is C26H28FN5O2. The molecule has 1 saturated carbocycles. The number of hydrogen-bond acceptors (Lipinski definition) is 4. The van der Waals surface area contributed by atoms with Crippen molar-refractivity contribution in [1.29, 1.82) is 0 Å². The first-order valence-corrected chi connectivity index (χ1v) is 11.7. The first kappa shape index (κ1) is 22.1. The van der Waals surface area contributed by atoms with Crippen LogP contribution in [0.3, 0.4) is 0 Å². The van der Waals surface area contributed by atoms with Crippen molar-refractivity contribution >= 4 is 23.2 Å². The standard InChI is InChI=1S/C26H28FN5O2/c1-18-15-24(25(33)28-23-8-3-2-7-22(23)27)29-32(18)17-19-5-4-6-21(16-19)30-11-13-31(14-12-30)26(34)20-9-10-20/h2-8,15-16,20H,9-14,17H2,1H3,(H,28,33). The van der Waals surface area contributed by atoms with Gasteiger partial charge in [0.15, 0.2) is 5.69 Å². The predicted octanol–water partition coefficient (Wildman–Crippen LogP) is 3.69. The van der Waals surface area contributed by atoms with E-state index in [9.17, 15) is 14.0 Å². The quantitative estimate of drug-likeness (QED) is 0.608. The topological polar surface area (TPSA) is 70.5 Å². The zero-order valence-electron chi connectivity index (χ0n) is 19.2. The number of nitrogens with zero attached hydrogens (tertiary/aromatic N) is 4. The summed E-state index contributed by atoms with van der Waals surface area (Å²) in [7, 11) is 0. The van der Waals surface area contributed by atoms with Gasteiger partial charge in [0.25, 0.3) is 5.91 Å². The van der Waals surface area contributed by atoms with Gasteiger partial charge in [-0.1, -0.05) is 24.3 Å². The molecule has 1 N–H and O–H groups in total. The van der Waals surface area contributed by atoms with Crippen LogP contribution in [0.1, 0.15) is 34.6 Å². The Balaban J connectivity index is 1.23. The second-order valence-electron chi connectivity index (χ2n) is 9.02. The third-order valence-corrected chi connectivity index (χ3v) is 6.46. The number of anilines is 2. The Morgan fingerprint density at radius 2 is 1.79 bits per heavy atom. The minimum absolute atomic E-state index is 0.131. The van der Waals surface area contributed by atoms with E-state index in [1.165, 1.54) is 12.1 Å². The Kier molecular flexibility index (Phi) is 6.04. The monoisotopic (exact) mass is 461 g/mol. The number of piperazine rings is 1. The number of rotatable bonds is 6. The predicted molar refractivity (Wildman–Crippen MR) is 128 cm³/mol. The summed E-state index contributed by atoms with van der Waals surface area (Å²) >= 11 is 0. The number of amides is 2. The largest absolute Gasteiger partial charge is 0.368 e. The summed E-state index contributed by atoms with van der Waals surface area (Å²) < 4.78 is 15.6. The van der Waals surface area contributed by atoms with Gasteiger partial charge < -0.3 is 15.1 Å². The van der Waals surface area contributed by atoms with E-state index in [4.69, 9.17) is 0 Å². The van der Waals surface area contributed by atoms with Crippen molar-refractivity contribution in [2.75, 3.05) is 36.4 Å². The van der Waals surface area contributed by atoms with Crippen molar-refractivity contribution in [3.8, 4) is 0 Å². The second-order valence-corrected chi connectivity index (χ2v) is 9.02. The second kappa shape index (κ2) is 9.29. The number of aryl methyl sites for hydroxylation is 1. The normalized spacial score (nSPS) is 15.9. The van der Waals surface area contributed by atoms with Crippen LogP contribution in [-0.2, 0) is 11.3 Å². The highest BCUT2D eigenvalue weighted by molar-refractivity contribution is 6.03. The molecule has 5 rings (SSSR count). The van der Waals surface area contributed by atoms with Gasteiger partial charge in [0, 0.05) is 43.5 Å². The van der Waals surface area contributed by atoms with E-state index < -0.39 is 11.7 Å². The fourth-order valence-corrected chi connectivity index (χ4v) is 4.33. The van der Waals surface area contributed by atoms with Crippen LogP contribution < -0.4 is 10.2 Å². The Hall–Kier alpha value is -3.68. The molecule has 2 heterocycles. The summed E-state index contributed by atoms with van der Waals surface area (Å²) in [6.07, 6.45) is 2.08. The third-order valence-electron chi connectivity index (χ3n) is 6.46. The molecule has 0 radical (unpaired) electrons. The van der Waals surface area contributed by atoms with E-state index in [1.54, 1.807) is 22.9 Å². The van der Waals surface area contributed by atoms with Crippen molar-refractivity contribution in [2.45, 2.75) is 26.3 Å². The van der Waals surface area contributed by atoms with Crippen LogP contribution in [0.5, 0.6) is 0 Å². The molecule has 1 aliphatic heterocycles. The molecule has 2 aliphatic rings. The maximum atomic E-state index is 13.9.